The maximum atomic E-state index is 13.0. The van der Waals surface area contributed by atoms with E-state index in [1.165, 1.54) is 22.9 Å². The smallest absolute Gasteiger partial charge is 0.259 e. The topological polar surface area (TPSA) is 72.7 Å². The van der Waals surface area contributed by atoms with Gasteiger partial charge in [-0.15, -0.1) is 0 Å². The van der Waals surface area contributed by atoms with Gasteiger partial charge < -0.3 is 5.32 Å². The number of carbonyl (C=O) groups excluding carboxylic acids is 1. The molecule has 3 heterocycles. The Morgan fingerprint density at radius 2 is 1.90 bits per heavy atom. The van der Waals surface area contributed by atoms with Crippen molar-refractivity contribution >= 4 is 23.5 Å². The van der Waals surface area contributed by atoms with Crippen LogP contribution in [0.15, 0.2) is 83.2 Å². The number of benzene rings is 1. The minimum Gasteiger partial charge on any atom is -0.307 e. The van der Waals surface area contributed by atoms with Gasteiger partial charge in [-0.1, -0.05) is 23.9 Å². The fourth-order valence-electron chi connectivity index (χ4n) is 2.95. The second kappa shape index (κ2) is 8.92. The van der Waals surface area contributed by atoms with E-state index in [0.29, 0.717) is 23.0 Å². The standard InChI is InChI=1S/C23H21N5OS/c1-16-7-8-19(13-17(16)2)30-23-20(6-4-11-25-23)22(29)27-21-9-12-26-28(21)15-18-5-3-10-24-14-18/h3-14H,15H2,1-2H3,(H,27,29). The molecule has 4 aromatic rings. The van der Waals surface area contributed by atoms with Crippen LogP contribution in [0.4, 0.5) is 5.82 Å². The summed E-state index contributed by atoms with van der Waals surface area (Å²) in [6.45, 7) is 4.68. The normalized spacial score (nSPS) is 10.7. The number of aryl methyl sites for hydroxylation is 2. The number of hydrogen-bond acceptors (Lipinski definition) is 5. The zero-order valence-corrected chi connectivity index (χ0v) is 17.6. The number of nitrogens with one attached hydrogen (secondary N) is 1. The first-order valence-electron chi connectivity index (χ1n) is 9.52. The average molecular weight is 416 g/mol. The fraction of sp³-hybridized carbons (Fsp3) is 0.130. The molecule has 0 aliphatic heterocycles. The maximum Gasteiger partial charge on any atom is 0.259 e. The number of anilines is 1. The van der Waals surface area contributed by atoms with Crippen LogP contribution in [-0.2, 0) is 6.54 Å². The molecule has 1 amide bonds. The number of amides is 1. The molecule has 150 valence electrons. The molecule has 1 aromatic carbocycles. The van der Waals surface area contributed by atoms with Gasteiger partial charge in [0.1, 0.15) is 10.8 Å². The van der Waals surface area contributed by atoms with E-state index in [4.69, 9.17) is 0 Å². The second-order valence-electron chi connectivity index (χ2n) is 6.89. The van der Waals surface area contributed by atoms with Crippen molar-refractivity contribution in [2.24, 2.45) is 0 Å². The van der Waals surface area contributed by atoms with Crippen LogP contribution in [0.3, 0.4) is 0 Å². The largest absolute Gasteiger partial charge is 0.307 e. The minimum absolute atomic E-state index is 0.220. The number of pyridine rings is 2. The summed E-state index contributed by atoms with van der Waals surface area (Å²) < 4.78 is 1.74. The molecule has 0 saturated carbocycles. The Morgan fingerprint density at radius 1 is 1.03 bits per heavy atom. The van der Waals surface area contributed by atoms with Crippen molar-refractivity contribution in [3.63, 3.8) is 0 Å². The molecule has 4 rings (SSSR count). The highest BCUT2D eigenvalue weighted by Gasteiger charge is 2.16. The molecule has 0 saturated heterocycles. The maximum absolute atomic E-state index is 13.0. The third-order valence-corrected chi connectivity index (χ3v) is 5.73. The third-order valence-electron chi connectivity index (χ3n) is 4.72. The van der Waals surface area contributed by atoms with Crippen molar-refractivity contribution in [1.82, 2.24) is 19.7 Å². The van der Waals surface area contributed by atoms with Crippen LogP contribution in [0, 0.1) is 13.8 Å². The van der Waals surface area contributed by atoms with E-state index >= 15 is 0 Å². The lowest BCUT2D eigenvalue weighted by Gasteiger charge is -2.11. The Kier molecular flexibility index (Phi) is 5.90. The number of carbonyl (C=O) groups is 1. The van der Waals surface area contributed by atoms with Gasteiger partial charge in [0.2, 0.25) is 0 Å². The van der Waals surface area contributed by atoms with Gasteiger partial charge in [-0.3, -0.25) is 9.78 Å². The Bertz CT molecular complexity index is 1170. The molecule has 0 unspecified atom stereocenters. The fourth-order valence-corrected chi connectivity index (χ4v) is 3.93. The summed E-state index contributed by atoms with van der Waals surface area (Å²) in [5.41, 5.74) is 3.97. The van der Waals surface area contributed by atoms with E-state index in [9.17, 15) is 4.79 Å². The molecular formula is C23H21N5OS. The summed E-state index contributed by atoms with van der Waals surface area (Å²) in [4.78, 5) is 22.6. The van der Waals surface area contributed by atoms with Crippen molar-refractivity contribution in [1.29, 1.82) is 0 Å². The van der Waals surface area contributed by atoms with Gasteiger partial charge in [0, 0.05) is 29.6 Å². The molecule has 0 atom stereocenters. The van der Waals surface area contributed by atoms with Crippen LogP contribution in [0.5, 0.6) is 0 Å². The van der Waals surface area contributed by atoms with E-state index in [0.717, 1.165) is 10.5 Å². The third kappa shape index (κ3) is 4.58. The van der Waals surface area contributed by atoms with E-state index in [1.54, 1.807) is 47.7 Å². The highest BCUT2D eigenvalue weighted by Crippen LogP contribution is 2.30. The molecule has 3 aromatic heterocycles. The molecule has 30 heavy (non-hydrogen) atoms. The lowest BCUT2D eigenvalue weighted by atomic mass is 10.1. The Balaban J connectivity index is 1.54. The summed E-state index contributed by atoms with van der Waals surface area (Å²) in [5, 5.41) is 7.94. The van der Waals surface area contributed by atoms with Crippen molar-refractivity contribution in [3.8, 4) is 0 Å². The van der Waals surface area contributed by atoms with Crippen molar-refractivity contribution in [2.45, 2.75) is 30.3 Å². The van der Waals surface area contributed by atoms with Gasteiger partial charge in [0.25, 0.3) is 5.91 Å². The van der Waals surface area contributed by atoms with Gasteiger partial charge in [-0.25, -0.2) is 9.67 Å². The zero-order valence-electron chi connectivity index (χ0n) is 16.7. The van der Waals surface area contributed by atoms with Gasteiger partial charge in [0.05, 0.1) is 18.3 Å². The Labute approximate surface area is 179 Å². The first-order valence-corrected chi connectivity index (χ1v) is 10.3. The van der Waals surface area contributed by atoms with Crippen LogP contribution < -0.4 is 5.32 Å². The molecule has 0 aliphatic rings. The lowest BCUT2D eigenvalue weighted by molar-refractivity contribution is 0.102. The molecule has 1 N–H and O–H groups in total. The molecule has 0 spiro atoms. The number of hydrogen-bond donors (Lipinski definition) is 1. The van der Waals surface area contributed by atoms with Crippen LogP contribution in [-0.4, -0.2) is 25.7 Å². The van der Waals surface area contributed by atoms with E-state index in [1.807, 2.05) is 18.2 Å². The van der Waals surface area contributed by atoms with Crippen LogP contribution in [0.1, 0.15) is 27.0 Å². The second-order valence-corrected chi connectivity index (χ2v) is 7.96. The summed E-state index contributed by atoms with van der Waals surface area (Å²) in [7, 11) is 0. The number of nitrogens with zero attached hydrogens (tertiary/aromatic N) is 4. The van der Waals surface area contributed by atoms with Gasteiger partial charge in [0.15, 0.2) is 0 Å². The van der Waals surface area contributed by atoms with Crippen LogP contribution in [0.25, 0.3) is 0 Å². The molecule has 0 aliphatic carbocycles. The van der Waals surface area contributed by atoms with Gasteiger partial charge >= 0.3 is 0 Å². The Hall–Kier alpha value is -3.45. The predicted octanol–water partition coefficient (Wildman–Crippen LogP) is 4.74. The summed E-state index contributed by atoms with van der Waals surface area (Å²) >= 11 is 1.48. The monoisotopic (exact) mass is 415 g/mol. The molecule has 7 heteroatoms. The molecule has 6 nitrogen and oxygen atoms in total. The highest BCUT2D eigenvalue weighted by molar-refractivity contribution is 7.99. The minimum atomic E-state index is -0.220. The number of aromatic nitrogens is 4. The Morgan fingerprint density at radius 3 is 2.70 bits per heavy atom. The number of rotatable bonds is 6. The average Bonchev–Trinajstić information content (AvgIpc) is 3.18. The summed E-state index contributed by atoms with van der Waals surface area (Å²) in [6.07, 6.45) is 6.88. The van der Waals surface area contributed by atoms with Gasteiger partial charge in [-0.2, -0.15) is 5.10 Å². The SMILES string of the molecule is Cc1ccc(Sc2ncccc2C(=O)Nc2ccnn2Cc2cccnc2)cc1C. The molecule has 0 radical (unpaired) electrons. The lowest BCUT2D eigenvalue weighted by Crippen LogP contribution is -2.17. The highest BCUT2D eigenvalue weighted by atomic mass is 32.2. The predicted molar refractivity (Wildman–Crippen MR) is 118 cm³/mol. The van der Waals surface area contributed by atoms with Gasteiger partial charge in [-0.05, 0) is 60.9 Å². The molecular weight excluding hydrogens is 394 g/mol. The van der Waals surface area contributed by atoms with Crippen LogP contribution >= 0.6 is 11.8 Å². The van der Waals surface area contributed by atoms with E-state index in [-0.39, 0.29) is 5.91 Å². The van der Waals surface area contributed by atoms with Crippen molar-refractivity contribution < 1.29 is 4.79 Å². The molecule has 0 fully saturated rings. The summed E-state index contributed by atoms with van der Waals surface area (Å²) in [6, 6.07) is 15.4. The van der Waals surface area contributed by atoms with Crippen LogP contribution in [0.2, 0.25) is 0 Å². The van der Waals surface area contributed by atoms with E-state index in [2.05, 4.69) is 46.4 Å². The first-order chi connectivity index (χ1) is 14.6. The first kappa shape index (κ1) is 19.8. The van der Waals surface area contributed by atoms with Crippen molar-refractivity contribution in [2.75, 3.05) is 5.32 Å². The van der Waals surface area contributed by atoms with Crippen molar-refractivity contribution in [3.05, 3.63) is 95.6 Å². The molecule has 0 bridgehead atoms. The van der Waals surface area contributed by atoms with E-state index < -0.39 is 0 Å². The summed E-state index contributed by atoms with van der Waals surface area (Å²) in [5.74, 6) is 0.400. The quantitative estimate of drug-likeness (QED) is 0.492. The zero-order chi connectivity index (χ0) is 20.9.